The Balaban J connectivity index is 1.26. The first-order valence-electron chi connectivity index (χ1n) is 15.2. The lowest BCUT2D eigenvalue weighted by molar-refractivity contribution is -0.377. The molecule has 0 saturated carbocycles. The smallest absolute Gasteiger partial charge is 0.348 e. The van der Waals surface area contributed by atoms with E-state index in [1.165, 1.54) is 11.3 Å². The summed E-state index contributed by atoms with van der Waals surface area (Å²) in [6.07, 6.45) is 4.44. The van der Waals surface area contributed by atoms with E-state index in [-0.39, 0.29) is 24.6 Å². The third kappa shape index (κ3) is 9.03. The monoisotopic (exact) mass is 698 g/mol. The maximum atomic E-state index is 13.3. The number of thiophene rings is 1. The Kier molecular flexibility index (Phi) is 12.1. The molecule has 0 spiro atoms. The van der Waals surface area contributed by atoms with Crippen molar-refractivity contribution in [3.8, 4) is 11.5 Å². The van der Waals surface area contributed by atoms with E-state index < -0.39 is 12.0 Å². The van der Waals surface area contributed by atoms with E-state index in [0.717, 1.165) is 41.1 Å². The molecule has 1 saturated heterocycles. The lowest BCUT2D eigenvalue weighted by Crippen LogP contribution is -2.33. The third-order valence-corrected chi connectivity index (χ3v) is 9.82. The number of likely N-dealkylation sites (N-methyl/N-ethyl adjacent to an activating group) is 1. The number of rotatable bonds is 14. The van der Waals surface area contributed by atoms with Gasteiger partial charge in [0.15, 0.2) is 23.9 Å². The summed E-state index contributed by atoms with van der Waals surface area (Å²) in [4.78, 5) is 32.9. The normalized spacial score (nSPS) is 16.0. The molecular formula is C35H38Cl2N3O6S+. The number of aromatic amines is 1. The first-order chi connectivity index (χ1) is 22.7. The Labute approximate surface area is 288 Å². The molecule has 1 fully saturated rings. The van der Waals surface area contributed by atoms with Crippen molar-refractivity contribution in [2.24, 2.45) is 0 Å². The third-order valence-electron chi connectivity index (χ3n) is 8.08. The van der Waals surface area contributed by atoms with Gasteiger partial charge in [-0.05, 0) is 55.3 Å². The summed E-state index contributed by atoms with van der Waals surface area (Å²) in [7, 11) is 5.16. The highest BCUT2D eigenvalue weighted by Gasteiger charge is 2.29. The molecule has 248 valence electrons. The van der Waals surface area contributed by atoms with E-state index >= 15 is 0 Å². The maximum absolute atomic E-state index is 13.3. The van der Waals surface area contributed by atoms with E-state index in [2.05, 4.69) is 15.2 Å². The van der Waals surface area contributed by atoms with Crippen molar-refractivity contribution in [2.75, 3.05) is 41.0 Å². The van der Waals surface area contributed by atoms with Crippen LogP contribution in [0.2, 0.25) is 10.0 Å². The average molecular weight is 700 g/mol. The van der Waals surface area contributed by atoms with Gasteiger partial charge in [-0.15, -0.1) is 11.3 Å². The highest BCUT2D eigenvalue weighted by atomic mass is 35.5. The molecule has 1 aliphatic heterocycles. The number of hydrogen-bond acceptors (Lipinski definition) is 9. The predicted octanol–water partition coefficient (Wildman–Crippen LogP) is 6.15. The Morgan fingerprint density at radius 3 is 2.43 bits per heavy atom. The van der Waals surface area contributed by atoms with Crippen LogP contribution >= 0.6 is 34.5 Å². The Morgan fingerprint density at radius 2 is 1.74 bits per heavy atom. The fourth-order valence-corrected chi connectivity index (χ4v) is 6.92. The SMILES string of the molecule is COc1ccc(C(COC(=O)c2ccc(CNC(C(=O)O[C@H]3CCN(C)C3)c3ccccc3)s2)Cc2c(Cl)c[nH+]cc2Cl)cc1OC. The number of H-pyrrole nitrogens is 1. The van der Waals surface area contributed by atoms with Crippen LogP contribution in [0.25, 0.3) is 0 Å². The molecule has 2 aromatic heterocycles. The van der Waals surface area contributed by atoms with Gasteiger partial charge in [0.05, 0.1) is 20.8 Å². The first kappa shape index (κ1) is 34.7. The van der Waals surface area contributed by atoms with Crippen LogP contribution in [0.3, 0.4) is 0 Å². The van der Waals surface area contributed by atoms with Gasteiger partial charge < -0.3 is 23.8 Å². The van der Waals surface area contributed by atoms with Crippen LogP contribution in [0, 0.1) is 0 Å². The molecule has 0 radical (unpaired) electrons. The Morgan fingerprint density at radius 1 is 1.00 bits per heavy atom. The number of nitrogens with one attached hydrogen (secondary N) is 2. The summed E-state index contributed by atoms with van der Waals surface area (Å²) in [5, 5.41) is 4.31. The number of carbonyl (C=O) groups excluding carboxylic acids is 2. The fraction of sp³-hybridized carbons (Fsp3) is 0.343. The van der Waals surface area contributed by atoms with E-state index in [4.69, 9.17) is 42.1 Å². The van der Waals surface area contributed by atoms with Gasteiger partial charge in [0.2, 0.25) is 0 Å². The maximum Gasteiger partial charge on any atom is 0.348 e. The quantitative estimate of drug-likeness (QED) is 0.157. The summed E-state index contributed by atoms with van der Waals surface area (Å²) in [5.74, 6) is 0.101. The van der Waals surface area contributed by atoms with Crippen molar-refractivity contribution >= 4 is 46.5 Å². The number of halogens is 2. The van der Waals surface area contributed by atoms with Crippen LogP contribution in [0.4, 0.5) is 0 Å². The van der Waals surface area contributed by atoms with Crippen LogP contribution in [0.5, 0.6) is 11.5 Å². The van der Waals surface area contributed by atoms with Crippen molar-refractivity contribution in [3.63, 3.8) is 0 Å². The molecule has 2 aromatic carbocycles. The number of likely N-dealkylation sites (tertiary alicyclic amines) is 1. The lowest BCUT2D eigenvalue weighted by Gasteiger charge is -2.20. The predicted molar refractivity (Wildman–Crippen MR) is 182 cm³/mol. The fourth-order valence-electron chi connectivity index (χ4n) is 5.54. The molecule has 5 rings (SSSR count). The second-order valence-corrected chi connectivity index (χ2v) is 13.3. The van der Waals surface area contributed by atoms with E-state index in [1.807, 2.05) is 61.6 Å². The number of nitrogens with zero attached hydrogens (tertiary/aromatic N) is 1. The zero-order chi connectivity index (χ0) is 33.3. The molecule has 9 nitrogen and oxygen atoms in total. The number of carbonyl (C=O) groups is 2. The molecular weight excluding hydrogens is 661 g/mol. The molecule has 0 aliphatic carbocycles. The standard InChI is InChI=1S/C35H37Cl2N3O6S/c1-40-14-13-25(20-40)46-35(42)33(22-7-5-4-6-8-22)39-17-26-10-12-32(47-26)34(41)45-21-24(15-27-28(36)18-38-19-29(27)37)23-9-11-30(43-2)31(16-23)44-3/h4-12,16,18-19,24-25,33,39H,13-15,17,20-21H2,1-3H3/p+1/t24?,25-,33?/m0/s1. The lowest BCUT2D eigenvalue weighted by atomic mass is 9.92. The highest BCUT2D eigenvalue weighted by molar-refractivity contribution is 7.13. The number of esters is 2. The number of pyridine rings is 1. The molecule has 12 heteroatoms. The second-order valence-electron chi connectivity index (χ2n) is 11.3. The largest absolute Gasteiger partial charge is 0.493 e. The van der Waals surface area contributed by atoms with Gasteiger partial charge in [0.25, 0.3) is 0 Å². The number of ether oxygens (including phenoxy) is 4. The molecule has 3 heterocycles. The van der Waals surface area contributed by atoms with Gasteiger partial charge in [-0.2, -0.15) is 0 Å². The van der Waals surface area contributed by atoms with Crippen LogP contribution in [-0.2, 0) is 27.2 Å². The average Bonchev–Trinajstić information content (AvgIpc) is 3.73. The molecule has 3 atom stereocenters. The van der Waals surface area contributed by atoms with Crippen LogP contribution in [-0.4, -0.2) is 63.9 Å². The van der Waals surface area contributed by atoms with E-state index in [9.17, 15) is 9.59 Å². The summed E-state index contributed by atoms with van der Waals surface area (Å²) in [5.41, 5.74) is 2.42. The van der Waals surface area contributed by atoms with Crippen molar-refractivity contribution in [1.29, 1.82) is 0 Å². The van der Waals surface area contributed by atoms with Crippen LogP contribution in [0.1, 0.15) is 49.6 Å². The van der Waals surface area contributed by atoms with Gasteiger partial charge in [-0.3, -0.25) is 5.32 Å². The van der Waals surface area contributed by atoms with E-state index in [0.29, 0.717) is 39.4 Å². The topological polar surface area (TPSA) is 100 Å². The minimum Gasteiger partial charge on any atom is -0.493 e. The highest BCUT2D eigenvalue weighted by Crippen LogP contribution is 2.35. The molecule has 47 heavy (non-hydrogen) atoms. The Bertz CT molecular complexity index is 1650. The van der Waals surface area contributed by atoms with Crippen molar-refractivity contribution in [3.05, 3.63) is 110 Å². The molecule has 1 aliphatic rings. The molecule has 0 amide bonds. The number of aromatic nitrogens is 1. The van der Waals surface area contributed by atoms with Crippen molar-refractivity contribution < 1.29 is 33.5 Å². The zero-order valence-electron chi connectivity index (χ0n) is 26.5. The summed E-state index contributed by atoms with van der Waals surface area (Å²) >= 11 is 14.3. The second kappa shape index (κ2) is 16.4. The van der Waals surface area contributed by atoms with Crippen molar-refractivity contribution in [1.82, 2.24) is 10.2 Å². The van der Waals surface area contributed by atoms with Gasteiger partial charge in [0, 0.05) is 36.0 Å². The van der Waals surface area contributed by atoms with Crippen LogP contribution in [0.15, 0.2) is 73.1 Å². The van der Waals surface area contributed by atoms with Gasteiger partial charge in [-0.25, -0.2) is 14.6 Å². The van der Waals surface area contributed by atoms with Crippen LogP contribution < -0.4 is 19.8 Å². The summed E-state index contributed by atoms with van der Waals surface area (Å²) in [6.45, 7) is 2.06. The molecule has 2 N–H and O–H groups in total. The van der Waals surface area contributed by atoms with Gasteiger partial charge in [0.1, 0.15) is 27.1 Å². The molecule has 4 aromatic rings. The number of methoxy groups -OCH3 is 2. The zero-order valence-corrected chi connectivity index (χ0v) is 28.8. The number of hydrogen-bond donors (Lipinski definition) is 1. The summed E-state index contributed by atoms with van der Waals surface area (Å²) < 4.78 is 22.6. The molecule has 2 unspecified atom stereocenters. The van der Waals surface area contributed by atoms with Gasteiger partial charge >= 0.3 is 11.9 Å². The first-order valence-corrected chi connectivity index (χ1v) is 16.8. The minimum atomic E-state index is -0.643. The molecule has 0 bridgehead atoms. The number of benzene rings is 2. The van der Waals surface area contributed by atoms with E-state index in [1.54, 1.807) is 32.7 Å². The van der Waals surface area contributed by atoms with Gasteiger partial charge in [-0.1, -0.05) is 59.6 Å². The summed E-state index contributed by atoms with van der Waals surface area (Å²) in [6, 6.07) is 18.0. The Hall–Kier alpha value is -3.67. The van der Waals surface area contributed by atoms with Crippen molar-refractivity contribution in [2.45, 2.75) is 37.5 Å². The minimum absolute atomic E-state index is 0.0728.